The minimum absolute atomic E-state index is 0.525. The predicted octanol–water partition coefficient (Wildman–Crippen LogP) is 2.47. The lowest BCUT2D eigenvalue weighted by Crippen LogP contribution is -2.38. The van der Waals surface area contributed by atoms with E-state index in [4.69, 9.17) is 0 Å². The average molecular weight is 261 g/mol. The van der Waals surface area contributed by atoms with Crippen molar-refractivity contribution < 1.29 is 0 Å². The summed E-state index contributed by atoms with van der Waals surface area (Å²) in [4.78, 5) is 2.46. The molecule has 0 saturated carbocycles. The molecule has 0 fully saturated rings. The van der Waals surface area contributed by atoms with Gasteiger partial charge in [-0.1, -0.05) is 32.0 Å². The summed E-state index contributed by atoms with van der Waals surface area (Å²) in [5.41, 5.74) is 4.24. The Kier molecular flexibility index (Phi) is 5.23. The first-order valence-corrected chi connectivity index (χ1v) is 7.55. The van der Waals surface area contributed by atoms with Crippen LogP contribution in [0.2, 0.25) is 0 Å². The number of rotatable bonds is 7. The van der Waals surface area contributed by atoms with Gasteiger partial charge in [-0.05, 0) is 37.6 Å². The Bertz CT molecular complexity index is 399. The molecule has 1 aromatic carbocycles. The molecular formula is C16H27N3. The minimum atomic E-state index is 0.525. The van der Waals surface area contributed by atoms with E-state index in [0.29, 0.717) is 6.04 Å². The molecule has 0 radical (unpaired) electrons. The lowest BCUT2D eigenvalue weighted by molar-refractivity contribution is 0.271. The zero-order chi connectivity index (χ0) is 13.7. The lowest BCUT2D eigenvalue weighted by Gasteiger charge is -2.23. The number of anilines is 1. The van der Waals surface area contributed by atoms with Gasteiger partial charge in [-0.3, -0.25) is 0 Å². The van der Waals surface area contributed by atoms with Gasteiger partial charge in [0.15, 0.2) is 0 Å². The lowest BCUT2D eigenvalue weighted by atomic mass is 10.1. The van der Waals surface area contributed by atoms with E-state index in [1.54, 1.807) is 0 Å². The number of hydrogen-bond acceptors (Lipinski definition) is 3. The Labute approximate surface area is 117 Å². The van der Waals surface area contributed by atoms with Crippen molar-refractivity contribution in [2.75, 3.05) is 31.5 Å². The maximum atomic E-state index is 3.65. The van der Waals surface area contributed by atoms with Gasteiger partial charge in [-0.2, -0.15) is 0 Å². The van der Waals surface area contributed by atoms with Crippen molar-refractivity contribution in [1.82, 2.24) is 10.2 Å². The van der Waals surface area contributed by atoms with Crippen LogP contribution in [0.3, 0.4) is 0 Å². The van der Waals surface area contributed by atoms with Gasteiger partial charge in [0.05, 0.1) is 0 Å². The molecule has 1 aromatic rings. The van der Waals surface area contributed by atoms with Crippen LogP contribution in [0.4, 0.5) is 5.69 Å². The molecule has 2 rings (SSSR count). The molecule has 3 nitrogen and oxygen atoms in total. The normalized spacial score (nSPS) is 15.4. The third kappa shape index (κ3) is 3.71. The fourth-order valence-corrected chi connectivity index (χ4v) is 2.78. The van der Waals surface area contributed by atoms with Crippen LogP contribution in [0.1, 0.15) is 31.9 Å². The van der Waals surface area contributed by atoms with E-state index in [0.717, 1.165) is 39.1 Å². The summed E-state index contributed by atoms with van der Waals surface area (Å²) in [5.74, 6) is 0. The van der Waals surface area contributed by atoms with Gasteiger partial charge in [-0.15, -0.1) is 0 Å². The van der Waals surface area contributed by atoms with Crippen LogP contribution in [0, 0.1) is 0 Å². The Morgan fingerprint density at radius 2 is 2.11 bits per heavy atom. The Morgan fingerprint density at radius 1 is 1.32 bits per heavy atom. The van der Waals surface area contributed by atoms with Crippen LogP contribution in [0.15, 0.2) is 18.2 Å². The molecule has 19 heavy (non-hydrogen) atoms. The first-order chi connectivity index (χ1) is 9.24. The van der Waals surface area contributed by atoms with Crippen LogP contribution in [-0.2, 0) is 13.0 Å². The number of likely N-dealkylation sites (N-methyl/N-ethyl adjacent to an activating group) is 1. The van der Waals surface area contributed by atoms with E-state index in [1.165, 1.54) is 16.8 Å². The average Bonchev–Trinajstić information content (AvgIpc) is 2.91. The maximum Gasteiger partial charge on any atom is 0.0419 e. The zero-order valence-electron chi connectivity index (χ0n) is 12.5. The summed E-state index contributed by atoms with van der Waals surface area (Å²) in [5, 5.41) is 7.15. The summed E-state index contributed by atoms with van der Waals surface area (Å²) < 4.78 is 0. The number of para-hydroxylation sites is 1. The van der Waals surface area contributed by atoms with Crippen LogP contribution >= 0.6 is 0 Å². The van der Waals surface area contributed by atoms with Gasteiger partial charge in [-0.25, -0.2) is 0 Å². The molecule has 0 aliphatic carbocycles. The molecule has 1 unspecified atom stereocenters. The highest BCUT2D eigenvalue weighted by molar-refractivity contribution is 5.61. The summed E-state index contributed by atoms with van der Waals surface area (Å²) in [7, 11) is 0. The Hall–Kier alpha value is -1.06. The molecule has 0 bridgehead atoms. The topological polar surface area (TPSA) is 27.3 Å². The second-order valence-corrected chi connectivity index (χ2v) is 5.40. The predicted molar refractivity (Wildman–Crippen MR) is 82.7 cm³/mol. The van der Waals surface area contributed by atoms with Gasteiger partial charge < -0.3 is 15.5 Å². The van der Waals surface area contributed by atoms with Gasteiger partial charge >= 0.3 is 0 Å². The van der Waals surface area contributed by atoms with Crippen molar-refractivity contribution in [2.24, 2.45) is 0 Å². The van der Waals surface area contributed by atoms with Crippen molar-refractivity contribution in [3.63, 3.8) is 0 Å². The summed E-state index contributed by atoms with van der Waals surface area (Å²) in [6.07, 6.45) is 1.16. The molecule has 1 aliphatic rings. The Balaban J connectivity index is 1.87. The van der Waals surface area contributed by atoms with Crippen molar-refractivity contribution in [1.29, 1.82) is 0 Å². The van der Waals surface area contributed by atoms with Gasteiger partial charge in [0.25, 0.3) is 0 Å². The van der Waals surface area contributed by atoms with Crippen molar-refractivity contribution >= 4 is 5.69 Å². The SMILES string of the molecule is CCN(CC)CC(C)NCc1cccc2c1NCC2. The highest BCUT2D eigenvalue weighted by atomic mass is 15.1. The molecule has 0 amide bonds. The van der Waals surface area contributed by atoms with E-state index in [9.17, 15) is 0 Å². The Morgan fingerprint density at radius 3 is 2.84 bits per heavy atom. The fourth-order valence-electron chi connectivity index (χ4n) is 2.78. The van der Waals surface area contributed by atoms with Crippen molar-refractivity contribution in [2.45, 2.75) is 39.8 Å². The second-order valence-electron chi connectivity index (χ2n) is 5.40. The summed E-state index contributed by atoms with van der Waals surface area (Å²) in [6, 6.07) is 7.17. The number of hydrogen-bond donors (Lipinski definition) is 2. The molecule has 2 N–H and O–H groups in total. The summed E-state index contributed by atoms with van der Waals surface area (Å²) in [6.45, 7) is 12.1. The number of benzene rings is 1. The smallest absolute Gasteiger partial charge is 0.0419 e. The van der Waals surface area contributed by atoms with E-state index in [2.05, 4.69) is 54.5 Å². The first-order valence-electron chi connectivity index (χ1n) is 7.55. The molecule has 3 heteroatoms. The van der Waals surface area contributed by atoms with Gasteiger partial charge in [0.2, 0.25) is 0 Å². The second kappa shape index (κ2) is 6.92. The van der Waals surface area contributed by atoms with E-state index >= 15 is 0 Å². The molecular weight excluding hydrogens is 234 g/mol. The zero-order valence-corrected chi connectivity index (χ0v) is 12.5. The summed E-state index contributed by atoms with van der Waals surface area (Å²) >= 11 is 0. The van der Waals surface area contributed by atoms with Crippen LogP contribution in [-0.4, -0.2) is 37.1 Å². The third-order valence-corrected chi connectivity index (χ3v) is 4.00. The highest BCUT2D eigenvalue weighted by Crippen LogP contribution is 2.26. The molecule has 0 spiro atoms. The van der Waals surface area contributed by atoms with E-state index in [1.807, 2.05) is 0 Å². The van der Waals surface area contributed by atoms with Gasteiger partial charge in [0, 0.05) is 31.4 Å². The monoisotopic (exact) mass is 261 g/mol. The highest BCUT2D eigenvalue weighted by Gasteiger charge is 2.14. The maximum absolute atomic E-state index is 3.65. The van der Waals surface area contributed by atoms with Crippen molar-refractivity contribution in [3.05, 3.63) is 29.3 Å². The number of nitrogens with one attached hydrogen (secondary N) is 2. The minimum Gasteiger partial charge on any atom is -0.384 e. The number of fused-ring (bicyclic) bond motifs is 1. The molecule has 0 saturated heterocycles. The third-order valence-electron chi connectivity index (χ3n) is 4.00. The van der Waals surface area contributed by atoms with E-state index < -0.39 is 0 Å². The molecule has 1 heterocycles. The van der Waals surface area contributed by atoms with Crippen molar-refractivity contribution in [3.8, 4) is 0 Å². The standard InChI is InChI=1S/C16H27N3/c1-4-19(5-2)12-13(3)18-11-15-8-6-7-14-9-10-17-16(14)15/h6-8,13,17-18H,4-5,9-12H2,1-3H3. The van der Waals surface area contributed by atoms with Gasteiger partial charge in [0.1, 0.15) is 0 Å². The molecule has 1 aliphatic heterocycles. The molecule has 1 atom stereocenters. The fraction of sp³-hybridized carbons (Fsp3) is 0.625. The van der Waals surface area contributed by atoms with E-state index in [-0.39, 0.29) is 0 Å². The largest absolute Gasteiger partial charge is 0.384 e. The van der Waals surface area contributed by atoms with Crippen LogP contribution < -0.4 is 10.6 Å². The van der Waals surface area contributed by atoms with Crippen LogP contribution in [0.5, 0.6) is 0 Å². The molecule has 0 aromatic heterocycles. The first kappa shape index (κ1) is 14.4. The number of nitrogens with zero attached hydrogens (tertiary/aromatic N) is 1. The van der Waals surface area contributed by atoms with Crippen LogP contribution in [0.25, 0.3) is 0 Å². The molecule has 106 valence electrons. The quantitative estimate of drug-likeness (QED) is 0.789.